The van der Waals surface area contributed by atoms with Crippen LogP contribution in [0.25, 0.3) is 15.9 Å². The monoisotopic (exact) mass is 504 g/mol. The molecule has 0 saturated heterocycles. The number of aryl methyl sites for hydroxylation is 1. The van der Waals surface area contributed by atoms with Crippen LogP contribution in [0, 0.1) is 0 Å². The third-order valence-electron chi connectivity index (χ3n) is 4.75. The fraction of sp³-hybridized carbons (Fsp3) is 0.182. The Hall–Kier alpha value is -2.10. The molecule has 3 aromatic rings. The van der Waals surface area contributed by atoms with Crippen LogP contribution in [0.5, 0.6) is 0 Å². The van der Waals surface area contributed by atoms with Crippen molar-refractivity contribution in [3.63, 3.8) is 0 Å². The molecule has 1 amide bonds. The van der Waals surface area contributed by atoms with Crippen molar-refractivity contribution in [1.82, 2.24) is 0 Å². The maximum absolute atomic E-state index is 12.3. The molecule has 4 nitrogen and oxygen atoms in total. The SMILES string of the molecule is CCN1C(=CC(=Cc2[se]c3ccccc3[n+]2CC)C(N)=O)[Se]c2ccccc21. The minimum absolute atomic E-state index is 0.181. The molecule has 2 aromatic carbocycles. The van der Waals surface area contributed by atoms with Crippen LogP contribution in [0.2, 0.25) is 0 Å². The first-order chi connectivity index (χ1) is 13.6. The molecule has 0 spiro atoms. The number of carbonyl (C=O) groups excluding carboxylic acids is 1. The van der Waals surface area contributed by atoms with Crippen LogP contribution < -0.4 is 19.7 Å². The van der Waals surface area contributed by atoms with E-state index in [2.05, 4.69) is 71.8 Å². The number of para-hydroxylation sites is 2. The minimum atomic E-state index is -0.370. The van der Waals surface area contributed by atoms with E-state index in [1.165, 1.54) is 29.1 Å². The molecule has 2 N–H and O–H groups in total. The van der Waals surface area contributed by atoms with E-state index in [0.29, 0.717) is 5.57 Å². The standard InChI is InChI=1S/C22H21N3OSe2/c1-3-24-16-9-5-7-11-18(16)27-20(24)13-15(22(23)26)14-21-25(4-2)17-10-6-8-12-19(17)28-21/h5-14H,3-4H2,1-2H3,(H-,23,26)/p+1. The van der Waals surface area contributed by atoms with E-state index in [9.17, 15) is 4.79 Å². The summed E-state index contributed by atoms with van der Waals surface area (Å²) in [6.07, 6.45) is 4.01. The summed E-state index contributed by atoms with van der Waals surface area (Å²) in [5.41, 5.74) is 8.88. The predicted octanol–water partition coefficient (Wildman–Crippen LogP) is 1.78. The molecule has 1 aliphatic rings. The molecule has 0 fully saturated rings. The molecule has 0 unspecified atom stereocenters. The number of carbonyl (C=O) groups is 1. The summed E-state index contributed by atoms with van der Waals surface area (Å²) in [5, 5.41) is 0. The molecule has 0 aliphatic carbocycles. The first-order valence-electron chi connectivity index (χ1n) is 9.31. The van der Waals surface area contributed by atoms with Gasteiger partial charge in [-0.25, -0.2) is 0 Å². The molecule has 142 valence electrons. The fourth-order valence-electron chi connectivity index (χ4n) is 3.42. The van der Waals surface area contributed by atoms with E-state index in [1.54, 1.807) is 0 Å². The number of nitrogens with zero attached hydrogens (tertiary/aromatic N) is 2. The Morgan fingerprint density at radius 2 is 1.89 bits per heavy atom. The van der Waals surface area contributed by atoms with Crippen molar-refractivity contribution >= 4 is 61.4 Å². The van der Waals surface area contributed by atoms with Crippen molar-refractivity contribution < 1.29 is 9.36 Å². The van der Waals surface area contributed by atoms with Crippen LogP contribution in [0.15, 0.2) is 64.8 Å². The van der Waals surface area contributed by atoms with Gasteiger partial charge in [0.05, 0.1) is 0 Å². The number of aromatic nitrogens is 1. The van der Waals surface area contributed by atoms with Crippen molar-refractivity contribution in [3.8, 4) is 0 Å². The van der Waals surface area contributed by atoms with Crippen LogP contribution in [0.1, 0.15) is 18.4 Å². The number of amides is 1. The van der Waals surface area contributed by atoms with Gasteiger partial charge in [-0.3, -0.25) is 0 Å². The van der Waals surface area contributed by atoms with E-state index in [1.807, 2.05) is 12.2 Å². The van der Waals surface area contributed by atoms with Gasteiger partial charge in [-0.05, 0) is 0 Å². The molecule has 28 heavy (non-hydrogen) atoms. The van der Waals surface area contributed by atoms with Gasteiger partial charge in [0.1, 0.15) is 0 Å². The first kappa shape index (κ1) is 19.2. The number of anilines is 1. The van der Waals surface area contributed by atoms with Gasteiger partial charge in [0, 0.05) is 0 Å². The van der Waals surface area contributed by atoms with Gasteiger partial charge < -0.3 is 0 Å². The van der Waals surface area contributed by atoms with E-state index in [-0.39, 0.29) is 35.4 Å². The van der Waals surface area contributed by atoms with Crippen LogP contribution in [0.4, 0.5) is 5.69 Å². The number of nitrogens with two attached hydrogens (primary N) is 1. The molecule has 1 aromatic heterocycles. The number of benzene rings is 2. The quantitative estimate of drug-likeness (QED) is 0.329. The van der Waals surface area contributed by atoms with E-state index in [4.69, 9.17) is 5.73 Å². The van der Waals surface area contributed by atoms with Crippen LogP contribution in [0.3, 0.4) is 0 Å². The van der Waals surface area contributed by atoms with E-state index < -0.39 is 0 Å². The molecule has 0 radical (unpaired) electrons. The molecular weight excluding hydrogens is 480 g/mol. The van der Waals surface area contributed by atoms with Gasteiger partial charge in [-0.2, -0.15) is 0 Å². The first-order valence-corrected chi connectivity index (χ1v) is 12.7. The molecule has 0 bridgehead atoms. The molecule has 0 saturated carbocycles. The number of primary amides is 1. The summed E-state index contributed by atoms with van der Waals surface area (Å²) < 4.78 is 7.38. The number of fused-ring (bicyclic) bond motifs is 2. The van der Waals surface area contributed by atoms with Crippen LogP contribution >= 0.6 is 0 Å². The average molecular weight is 502 g/mol. The Labute approximate surface area is 177 Å². The van der Waals surface area contributed by atoms with Crippen molar-refractivity contribution in [3.05, 3.63) is 69.3 Å². The summed E-state index contributed by atoms with van der Waals surface area (Å²) >= 11 is 0.361. The second-order valence-electron chi connectivity index (χ2n) is 6.41. The molecule has 1 aliphatic heterocycles. The zero-order chi connectivity index (χ0) is 19.7. The van der Waals surface area contributed by atoms with Gasteiger partial charge in [-0.15, -0.1) is 0 Å². The van der Waals surface area contributed by atoms with Crippen molar-refractivity contribution in [1.29, 1.82) is 0 Å². The maximum atomic E-state index is 12.3. The molecular formula is C22H22N3OSe2+. The summed E-state index contributed by atoms with van der Waals surface area (Å²) in [4.78, 5) is 14.6. The zero-order valence-corrected chi connectivity index (χ0v) is 19.3. The topological polar surface area (TPSA) is 50.2 Å². The van der Waals surface area contributed by atoms with Gasteiger partial charge in [0.15, 0.2) is 0 Å². The Bertz CT molecular complexity index is 1110. The van der Waals surface area contributed by atoms with E-state index in [0.717, 1.165) is 13.1 Å². The van der Waals surface area contributed by atoms with Gasteiger partial charge in [-0.1, -0.05) is 0 Å². The normalized spacial score (nSPS) is 15.4. The number of hydrogen-bond acceptors (Lipinski definition) is 2. The Morgan fingerprint density at radius 1 is 1.14 bits per heavy atom. The molecule has 6 heteroatoms. The van der Waals surface area contributed by atoms with Crippen LogP contribution in [-0.4, -0.2) is 41.9 Å². The summed E-state index contributed by atoms with van der Waals surface area (Å²) in [6, 6.07) is 17.0. The molecule has 0 atom stereocenters. The molecule has 2 heterocycles. The van der Waals surface area contributed by atoms with Gasteiger partial charge in [0.25, 0.3) is 0 Å². The van der Waals surface area contributed by atoms with Gasteiger partial charge in [0.2, 0.25) is 0 Å². The summed E-state index contributed by atoms with van der Waals surface area (Å²) in [5.74, 6) is -0.370. The third kappa shape index (κ3) is 3.49. The summed E-state index contributed by atoms with van der Waals surface area (Å²) in [6.45, 7) is 6.04. The third-order valence-corrected chi connectivity index (χ3v) is 9.42. The van der Waals surface area contributed by atoms with Crippen molar-refractivity contribution in [2.24, 2.45) is 5.73 Å². The molecule has 4 rings (SSSR count). The van der Waals surface area contributed by atoms with Crippen molar-refractivity contribution in [2.45, 2.75) is 20.4 Å². The zero-order valence-electron chi connectivity index (χ0n) is 15.9. The van der Waals surface area contributed by atoms with Crippen molar-refractivity contribution in [2.75, 3.05) is 11.4 Å². The Kier molecular flexibility index (Phi) is 5.56. The second kappa shape index (κ2) is 8.10. The second-order valence-corrected chi connectivity index (χ2v) is 10.9. The fourth-order valence-corrected chi connectivity index (χ4v) is 8.37. The summed E-state index contributed by atoms with van der Waals surface area (Å²) in [7, 11) is 0. The number of rotatable bonds is 5. The van der Waals surface area contributed by atoms with Gasteiger partial charge >= 0.3 is 178 Å². The average Bonchev–Trinajstić information content (AvgIpc) is 3.23. The number of hydrogen-bond donors (Lipinski definition) is 1. The van der Waals surface area contributed by atoms with E-state index >= 15 is 0 Å². The Balaban J connectivity index is 1.79. The predicted molar refractivity (Wildman–Crippen MR) is 117 cm³/mol. The van der Waals surface area contributed by atoms with Crippen LogP contribution in [-0.2, 0) is 11.3 Å². The Morgan fingerprint density at radius 3 is 2.64 bits per heavy atom.